The van der Waals surface area contributed by atoms with Crippen LogP contribution in [0.1, 0.15) is 24.5 Å². The van der Waals surface area contributed by atoms with E-state index in [1.54, 1.807) is 6.92 Å². The Morgan fingerprint density at radius 2 is 1.96 bits per heavy atom. The molecule has 0 radical (unpaired) electrons. The van der Waals surface area contributed by atoms with E-state index >= 15 is 0 Å². The first-order chi connectivity index (χ1) is 12.2. The molecule has 0 spiro atoms. The number of ketones is 1. The number of aromatic nitrogens is 1. The number of fused-ring (bicyclic) bond motifs is 2. The van der Waals surface area contributed by atoms with Crippen molar-refractivity contribution < 1.29 is 14.3 Å². The van der Waals surface area contributed by atoms with E-state index in [0.29, 0.717) is 18.9 Å². The molecule has 0 bridgehead atoms. The standard InChI is InChI=1S/C21H19NO3/c1-14(23)6-7-15-8-10-16(11-9-15)25-20-17-4-2-3-5-19(17)22-21-18(20)12-13-24-21/h2-5,8-11H,6-7,12-13H2,1H3. The van der Waals surface area contributed by atoms with Crippen molar-refractivity contribution in [3.8, 4) is 17.4 Å². The van der Waals surface area contributed by atoms with E-state index < -0.39 is 0 Å². The van der Waals surface area contributed by atoms with E-state index in [2.05, 4.69) is 4.98 Å². The van der Waals surface area contributed by atoms with E-state index in [0.717, 1.165) is 46.4 Å². The van der Waals surface area contributed by atoms with Gasteiger partial charge in [0, 0.05) is 18.2 Å². The molecule has 0 unspecified atom stereocenters. The van der Waals surface area contributed by atoms with Crippen molar-refractivity contribution in [3.05, 3.63) is 59.7 Å². The zero-order valence-corrected chi connectivity index (χ0v) is 14.1. The van der Waals surface area contributed by atoms with Gasteiger partial charge in [-0.1, -0.05) is 24.3 Å². The predicted octanol–water partition coefficient (Wildman–Crippen LogP) is 4.48. The average Bonchev–Trinajstić information content (AvgIpc) is 3.09. The lowest BCUT2D eigenvalue weighted by atomic mass is 10.1. The Bertz CT molecular complexity index is 932. The third-order valence-electron chi connectivity index (χ3n) is 4.40. The molecule has 0 saturated heterocycles. The fraction of sp³-hybridized carbons (Fsp3) is 0.238. The molecule has 0 aliphatic carbocycles. The Morgan fingerprint density at radius 3 is 2.76 bits per heavy atom. The third-order valence-corrected chi connectivity index (χ3v) is 4.40. The number of aryl methyl sites for hydroxylation is 1. The summed E-state index contributed by atoms with van der Waals surface area (Å²) in [6, 6.07) is 15.9. The summed E-state index contributed by atoms with van der Waals surface area (Å²) < 4.78 is 11.9. The van der Waals surface area contributed by atoms with E-state index in [1.807, 2.05) is 48.5 Å². The number of rotatable bonds is 5. The lowest BCUT2D eigenvalue weighted by Crippen LogP contribution is -1.95. The average molecular weight is 333 g/mol. The first-order valence-corrected chi connectivity index (χ1v) is 8.51. The van der Waals surface area contributed by atoms with Crippen LogP contribution in [0.4, 0.5) is 0 Å². The van der Waals surface area contributed by atoms with E-state index in [-0.39, 0.29) is 5.78 Å². The van der Waals surface area contributed by atoms with Gasteiger partial charge in [0.25, 0.3) is 0 Å². The number of hydrogen-bond donors (Lipinski definition) is 0. The summed E-state index contributed by atoms with van der Waals surface area (Å²) in [6.45, 7) is 2.26. The molecule has 0 atom stereocenters. The van der Waals surface area contributed by atoms with Crippen LogP contribution in [0.15, 0.2) is 48.5 Å². The van der Waals surface area contributed by atoms with Crippen LogP contribution in [0, 0.1) is 0 Å². The zero-order valence-electron chi connectivity index (χ0n) is 14.1. The summed E-state index contributed by atoms with van der Waals surface area (Å²) in [5, 5.41) is 0.993. The number of nitrogens with zero attached hydrogens (tertiary/aromatic N) is 1. The van der Waals surface area contributed by atoms with Gasteiger partial charge >= 0.3 is 0 Å². The number of hydrogen-bond acceptors (Lipinski definition) is 4. The Morgan fingerprint density at radius 1 is 1.16 bits per heavy atom. The van der Waals surface area contributed by atoms with Gasteiger partial charge in [-0.2, -0.15) is 0 Å². The minimum atomic E-state index is 0.208. The van der Waals surface area contributed by atoms with Gasteiger partial charge < -0.3 is 14.3 Å². The number of para-hydroxylation sites is 1. The molecule has 126 valence electrons. The molecule has 25 heavy (non-hydrogen) atoms. The highest BCUT2D eigenvalue weighted by Crippen LogP contribution is 2.40. The second-order valence-corrected chi connectivity index (χ2v) is 6.29. The summed E-state index contributed by atoms with van der Waals surface area (Å²) >= 11 is 0. The minimum Gasteiger partial charge on any atom is -0.477 e. The van der Waals surface area contributed by atoms with E-state index in [1.165, 1.54) is 0 Å². The minimum absolute atomic E-state index is 0.208. The van der Waals surface area contributed by atoms with Crippen LogP contribution in [-0.2, 0) is 17.6 Å². The van der Waals surface area contributed by atoms with Gasteiger partial charge in [0.15, 0.2) is 0 Å². The first-order valence-electron chi connectivity index (χ1n) is 8.51. The van der Waals surface area contributed by atoms with Crippen molar-refractivity contribution in [2.24, 2.45) is 0 Å². The molecule has 2 heterocycles. The van der Waals surface area contributed by atoms with Crippen molar-refractivity contribution in [2.45, 2.75) is 26.2 Å². The Balaban J connectivity index is 1.65. The number of Topliss-reactive ketones (excluding diaryl/α,β-unsaturated/α-hetero) is 1. The highest BCUT2D eigenvalue weighted by Gasteiger charge is 2.22. The summed E-state index contributed by atoms with van der Waals surface area (Å²) in [5.41, 5.74) is 3.03. The number of pyridine rings is 1. The molecule has 4 nitrogen and oxygen atoms in total. The largest absolute Gasteiger partial charge is 0.477 e. The van der Waals surface area contributed by atoms with Crippen LogP contribution in [-0.4, -0.2) is 17.4 Å². The van der Waals surface area contributed by atoms with Crippen LogP contribution >= 0.6 is 0 Å². The second-order valence-electron chi connectivity index (χ2n) is 6.29. The van der Waals surface area contributed by atoms with Gasteiger partial charge in [0.1, 0.15) is 17.3 Å². The lowest BCUT2D eigenvalue weighted by Gasteiger charge is -2.13. The van der Waals surface area contributed by atoms with Crippen LogP contribution in [0.2, 0.25) is 0 Å². The van der Waals surface area contributed by atoms with Gasteiger partial charge in [-0.15, -0.1) is 0 Å². The maximum Gasteiger partial charge on any atom is 0.221 e. The van der Waals surface area contributed by atoms with Crippen LogP contribution in [0.25, 0.3) is 10.9 Å². The molecule has 1 aliphatic rings. The van der Waals surface area contributed by atoms with Crippen LogP contribution in [0.3, 0.4) is 0 Å². The van der Waals surface area contributed by atoms with Crippen LogP contribution in [0.5, 0.6) is 17.4 Å². The number of carbonyl (C=O) groups excluding carboxylic acids is 1. The normalized spacial score (nSPS) is 12.7. The molecule has 0 saturated carbocycles. The maximum atomic E-state index is 11.1. The molecular formula is C21H19NO3. The van der Waals surface area contributed by atoms with Gasteiger partial charge in [-0.25, -0.2) is 4.98 Å². The molecular weight excluding hydrogens is 314 g/mol. The molecule has 0 fully saturated rings. The van der Waals surface area contributed by atoms with Gasteiger partial charge in [0.2, 0.25) is 5.88 Å². The second kappa shape index (κ2) is 6.55. The molecule has 2 aromatic carbocycles. The summed E-state index contributed by atoms with van der Waals surface area (Å²) in [7, 11) is 0. The van der Waals surface area contributed by atoms with E-state index in [4.69, 9.17) is 9.47 Å². The fourth-order valence-corrected chi connectivity index (χ4v) is 3.07. The Labute approximate surface area is 146 Å². The quantitative estimate of drug-likeness (QED) is 0.690. The highest BCUT2D eigenvalue weighted by molar-refractivity contribution is 5.88. The molecule has 4 rings (SSSR count). The first kappa shape index (κ1) is 15.6. The Kier molecular flexibility index (Phi) is 4.10. The van der Waals surface area contributed by atoms with Crippen molar-refractivity contribution in [2.75, 3.05) is 6.61 Å². The topological polar surface area (TPSA) is 48.4 Å². The number of benzene rings is 2. The molecule has 0 amide bonds. The van der Waals surface area contributed by atoms with Gasteiger partial charge in [0.05, 0.1) is 17.7 Å². The summed E-state index contributed by atoms with van der Waals surface area (Å²) in [4.78, 5) is 15.7. The van der Waals surface area contributed by atoms with Crippen molar-refractivity contribution in [3.63, 3.8) is 0 Å². The number of carbonyl (C=O) groups is 1. The molecule has 1 aliphatic heterocycles. The zero-order chi connectivity index (χ0) is 17.2. The monoisotopic (exact) mass is 333 g/mol. The maximum absolute atomic E-state index is 11.1. The summed E-state index contributed by atoms with van der Waals surface area (Å²) in [5.74, 6) is 2.48. The highest BCUT2D eigenvalue weighted by atomic mass is 16.5. The third kappa shape index (κ3) is 3.20. The lowest BCUT2D eigenvalue weighted by molar-refractivity contribution is -0.116. The molecule has 0 N–H and O–H groups in total. The summed E-state index contributed by atoms with van der Waals surface area (Å²) in [6.07, 6.45) is 2.14. The molecule has 1 aromatic heterocycles. The van der Waals surface area contributed by atoms with Crippen molar-refractivity contribution in [1.82, 2.24) is 4.98 Å². The molecule has 3 aromatic rings. The van der Waals surface area contributed by atoms with Crippen LogP contribution < -0.4 is 9.47 Å². The Hall–Kier alpha value is -2.88. The smallest absolute Gasteiger partial charge is 0.221 e. The van der Waals surface area contributed by atoms with Gasteiger partial charge in [-0.05, 0) is 43.2 Å². The van der Waals surface area contributed by atoms with Crippen molar-refractivity contribution in [1.29, 1.82) is 0 Å². The SMILES string of the molecule is CC(=O)CCc1ccc(Oc2c3c(nc4ccccc24)OCC3)cc1. The fourth-order valence-electron chi connectivity index (χ4n) is 3.07. The predicted molar refractivity (Wildman–Crippen MR) is 96.5 cm³/mol. The van der Waals surface area contributed by atoms with E-state index in [9.17, 15) is 4.79 Å². The number of ether oxygens (including phenoxy) is 2. The van der Waals surface area contributed by atoms with Gasteiger partial charge in [-0.3, -0.25) is 0 Å². The van der Waals surface area contributed by atoms with Crippen molar-refractivity contribution >= 4 is 16.7 Å². The molecule has 4 heteroatoms.